The number of halogens is 2. The Labute approximate surface area is 95.4 Å². The van der Waals surface area contributed by atoms with Gasteiger partial charge in [0.05, 0.1) is 12.5 Å². The van der Waals surface area contributed by atoms with Crippen LogP contribution in [0.15, 0.2) is 4.42 Å². The molecule has 0 aromatic carbocycles. The van der Waals surface area contributed by atoms with E-state index in [1.807, 2.05) is 0 Å². The zero-order valence-corrected chi connectivity index (χ0v) is 8.86. The first-order chi connectivity index (χ1) is 8.09. The van der Waals surface area contributed by atoms with Crippen LogP contribution >= 0.6 is 0 Å². The van der Waals surface area contributed by atoms with Gasteiger partial charge in [-0.25, -0.2) is 18.6 Å². The second-order valence-corrected chi connectivity index (χ2v) is 3.79. The van der Waals surface area contributed by atoms with Crippen molar-refractivity contribution in [2.75, 3.05) is 13.2 Å². The van der Waals surface area contributed by atoms with Gasteiger partial charge in [-0.05, 0) is 12.8 Å². The van der Waals surface area contributed by atoms with E-state index in [1.54, 1.807) is 0 Å². The number of alkyl halides is 2. The molecule has 1 aliphatic heterocycles. The maximum Gasteiger partial charge on any atom is 0.374 e. The molecule has 1 unspecified atom stereocenters. The van der Waals surface area contributed by atoms with Crippen molar-refractivity contribution in [3.63, 3.8) is 0 Å². The Balaban J connectivity index is 2.29. The zero-order valence-electron chi connectivity index (χ0n) is 8.86. The van der Waals surface area contributed by atoms with E-state index >= 15 is 0 Å². The molecule has 2 heterocycles. The van der Waals surface area contributed by atoms with Gasteiger partial charge in [0.1, 0.15) is 0 Å². The number of carboxylic acids is 1. The summed E-state index contributed by atoms with van der Waals surface area (Å²) in [5.41, 5.74) is -0.807. The molecule has 0 spiro atoms. The highest BCUT2D eigenvalue weighted by Crippen LogP contribution is 2.30. The third-order valence-corrected chi connectivity index (χ3v) is 2.58. The number of ether oxygens (including phenoxy) is 1. The minimum absolute atomic E-state index is 0.0254. The molecule has 1 fully saturated rings. The molecule has 0 aliphatic carbocycles. The lowest BCUT2D eigenvalue weighted by atomic mass is 10.0. The summed E-state index contributed by atoms with van der Waals surface area (Å²) in [4.78, 5) is 14.3. The van der Waals surface area contributed by atoms with Gasteiger partial charge >= 0.3 is 5.97 Å². The van der Waals surface area contributed by atoms with E-state index in [9.17, 15) is 13.6 Å². The summed E-state index contributed by atoms with van der Waals surface area (Å²) in [6.45, 7) is 0.937. The number of nitrogens with zero attached hydrogens (tertiary/aromatic N) is 1. The molecular weight excluding hydrogens is 236 g/mol. The van der Waals surface area contributed by atoms with Crippen molar-refractivity contribution in [3.8, 4) is 0 Å². The van der Waals surface area contributed by atoms with Crippen molar-refractivity contribution in [1.82, 2.24) is 4.98 Å². The quantitative estimate of drug-likeness (QED) is 0.886. The number of aromatic carboxylic acids is 1. The number of hydrogen-bond donors (Lipinski definition) is 1. The van der Waals surface area contributed by atoms with Crippen molar-refractivity contribution >= 4 is 5.97 Å². The third-order valence-electron chi connectivity index (χ3n) is 2.58. The average Bonchev–Trinajstić information content (AvgIpc) is 2.75. The van der Waals surface area contributed by atoms with Gasteiger partial charge in [-0.15, -0.1) is 0 Å². The van der Waals surface area contributed by atoms with E-state index in [0.717, 1.165) is 6.42 Å². The minimum Gasteiger partial charge on any atom is -0.475 e. The number of rotatable bonds is 3. The highest BCUT2D eigenvalue weighted by atomic mass is 19.3. The fourth-order valence-corrected chi connectivity index (χ4v) is 1.76. The zero-order chi connectivity index (χ0) is 12.4. The van der Waals surface area contributed by atoms with E-state index in [1.165, 1.54) is 0 Å². The normalized spacial score (nSPS) is 20.8. The Kier molecular flexibility index (Phi) is 3.37. The van der Waals surface area contributed by atoms with Gasteiger partial charge < -0.3 is 14.3 Å². The van der Waals surface area contributed by atoms with Crippen molar-refractivity contribution in [2.45, 2.75) is 25.2 Å². The molecule has 1 aromatic rings. The van der Waals surface area contributed by atoms with E-state index < -0.39 is 23.8 Å². The molecule has 2 rings (SSSR count). The van der Waals surface area contributed by atoms with E-state index in [4.69, 9.17) is 14.3 Å². The van der Waals surface area contributed by atoms with Crippen LogP contribution in [0, 0.1) is 0 Å². The van der Waals surface area contributed by atoms with Crippen molar-refractivity contribution in [3.05, 3.63) is 17.3 Å². The Hall–Kier alpha value is -1.50. The van der Waals surface area contributed by atoms with Crippen LogP contribution in [0.1, 0.15) is 47.3 Å². The summed E-state index contributed by atoms with van der Waals surface area (Å²) < 4.78 is 35.2. The van der Waals surface area contributed by atoms with Gasteiger partial charge in [0, 0.05) is 6.61 Å². The molecule has 7 heteroatoms. The van der Waals surface area contributed by atoms with Gasteiger partial charge in [0.15, 0.2) is 5.69 Å². The number of hydrogen-bond acceptors (Lipinski definition) is 4. The molecule has 0 amide bonds. The second kappa shape index (κ2) is 4.79. The first-order valence-corrected chi connectivity index (χ1v) is 5.19. The third kappa shape index (κ3) is 2.44. The summed E-state index contributed by atoms with van der Waals surface area (Å²) in [6, 6.07) is 0. The fraction of sp³-hybridized carbons (Fsp3) is 0.600. The molecule has 1 aromatic heterocycles. The van der Waals surface area contributed by atoms with Gasteiger partial charge in [-0.2, -0.15) is 0 Å². The molecule has 0 bridgehead atoms. The summed E-state index contributed by atoms with van der Waals surface area (Å²) in [7, 11) is 0. The SMILES string of the molecule is O=C(O)c1oc(C2CCCOC2)nc1C(F)F. The van der Waals surface area contributed by atoms with Crippen LogP contribution < -0.4 is 0 Å². The topological polar surface area (TPSA) is 72.6 Å². The monoisotopic (exact) mass is 247 g/mol. The van der Waals surface area contributed by atoms with Crippen LogP contribution in [0.2, 0.25) is 0 Å². The standard InChI is InChI=1S/C10H11F2NO4/c11-8(12)6-7(10(14)15)17-9(13-6)5-2-1-3-16-4-5/h5,8H,1-4H2,(H,14,15). The lowest BCUT2D eigenvalue weighted by Crippen LogP contribution is -2.15. The Bertz CT molecular complexity index is 412. The Morgan fingerprint density at radius 3 is 2.76 bits per heavy atom. The van der Waals surface area contributed by atoms with Gasteiger partial charge in [0.25, 0.3) is 6.43 Å². The highest BCUT2D eigenvalue weighted by molar-refractivity contribution is 5.85. The van der Waals surface area contributed by atoms with E-state index in [-0.39, 0.29) is 11.8 Å². The van der Waals surface area contributed by atoms with Crippen LogP contribution in [-0.2, 0) is 4.74 Å². The molecule has 1 atom stereocenters. The molecular formula is C10H11F2NO4. The molecule has 0 saturated carbocycles. The number of carbonyl (C=O) groups is 1. The second-order valence-electron chi connectivity index (χ2n) is 3.79. The average molecular weight is 247 g/mol. The molecule has 1 aliphatic rings. The van der Waals surface area contributed by atoms with Crippen LogP contribution in [0.3, 0.4) is 0 Å². The first-order valence-electron chi connectivity index (χ1n) is 5.19. The lowest BCUT2D eigenvalue weighted by Gasteiger charge is -2.18. The predicted molar refractivity (Wildman–Crippen MR) is 51.2 cm³/mol. The van der Waals surface area contributed by atoms with Gasteiger partial charge in [0.2, 0.25) is 11.7 Å². The number of carboxylic acid groups (broad SMARTS) is 1. The van der Waals surface area contributed by atoms with Gasteiger partial charge in [-0.1, -0.05) is 0 Å². The van der Waals surface area contributed by atoms with Gasteiger partial charge in [-0.3, -0.25) is 0 Å². The van der Waals surface area contributed by atoms with Crippen LogP contribution in [-0.4, -0.2) is 29.3 Å². The number of oxazole rings is 1. The summed E-state index contributed by atoms with van der Waals surface area (Å²) >= 11 is 0. The first kappa shape index (κ1) is 12.0. The van der Waals surface area contributed by atoms with Crippen molar-refractivity contribution < 1.29 is 27.8 Å². The van der Waals surface area contributed by atoms with E-state index in [2.05, 4.69) is 4.98 Å². The molecule has 17 heavy (non-hydrogen) atoms. The van der Waals surface area contributed by atoms with Crippen LogP contribution in [0.5, 0.6) is 0 Å². The Morgan fingerprint density at radius 2 is 2.29 bits per heavy atom. The summed E-state index contributed by atoms with van der Waals surface area (Å²) in [5.74, 6) is -2.52. The summed E-state index contributed by atoms with van der Waals surface area (Å²) in [6.07, 6.45) is -1.48. The molecule has 1 N–H and O–H groups in total. The maximum absolute atomic E-state index is 12.6. The fourth-order valence-electron chi connectivity index (χ4n) is 1.76. The summed E-state index contributed by atoms with van der Waals surface area (Å²) in [5, 5.41) is 8.73. The predicted octanol–water partition coefficient (Wildman–Crippen LogP) is 2.20. The van der Waals surface area contributed by atoms with Crippen molar-refractivity contribution in [1.29, 1.82) is 0 Å². The minimum atomic E-state index is -2.96. The highest BCUT2D eigenvalue weighted by Gasteiger charge is 2.30. The lowest BCUT2D eigenvalue weighted by molar-refractivity contribution is 0.0617. The van der Waals surface area contributed by atoms with Crippen LogP contribution in [0.4, 0.5) is 8.78 Å². The van der Waals surface area contributed by atoms with E-state index in [0.29, 0.717) is 19.6 Å². The van der Waals surface area contributed by atoms with Crippen molar-refractivity contribution in [2.24, 2.45) is 0 Å². The molecule has 94 valence electrons. The Morgan fingerprint density at radius 1 is 1.53 bits per heavy atom. The molecule has 1 saturated heterocycles. The largest absolute Gasteiger partial charge is 0.475 e. The van der Waals surface area contributed by atoms with Crippen LogP contribution in [0.25, 0.3) is 0 Å². The number of aromatic nitrogens is 1. The maximum atomic E-state index is 12.6. The molecule has 5 nitrogen and oxygen atoms in total. The smallest absolute Gasteiger partial charge is 0.374 e. The molecule has 0 radical (unpaired) electrons.